The van der Waals surface area contributed by atoms with Gasteiger partial charge in [-0.25, -0.2) is 0 Å². The maximum Gasteiger partial charge on any atom is 0.0722 e. The van der Waals surface area contributed by atoms with E-state index in [1.165, 1.54) is 89.0 Å². The van der Waals surface area contributed by atoms with Crippen LogP contribution in [-0.4, -0.2) is 8.07 Å². The largest absolute Gasteiger partial charge is 0.0722 e. The number of benzene rings is 6. The SMILES string of the molecule is CC1=Cc2c(-c3ccc(-c4ccccc4)c(C)c3)cccc2C1[Si](C)(C)C1C(C)=Cc2c(-c3ccc(-c4ccccc4)c(C)c3)cccc21. The van der Waals surface area contributed by atoms with Gasteiger partial charge < -0.3 is 0 Å². The maximum absolute atomic E-state index is 2.64. The lowest BCUT2D eigenvalue weighted by Crippen LogP contribution is -2.42. The van der Waals surface area contributed by atoms with E-state index in [2.05, 4.69) is 186 Å². The zero-order valence-corrected chi connectivity index (χ0v) is 30.5. The van der Waals surface area contributed by atoms with Crippen molar-refractivity contribution in [1.82, 2.24) is 0 Å². The first-order chi connectivity index (χ1) is 23.7. The topological polar surface area (TPSA) is 0 Å². The van der Waals surface area contributed by atoms with Gasteiger partial charge in [0.25, 0.3) is 0 Å². The second-order valence-electron chi connectivity index (χ2n) is 14.9. The molecule has 0 radical (unpaired) electrons. The second-order valence-corrected chi connectivity index (χ2v) is 19.7. The summed E-state index contributed by atoms with van der Waals surface area (Å²) in [5, 5.41) is 0. The number of allylic oxidation sites excluding steroid dienone is 2. The van der Waals surface area contributed by atoms with Crippen LogP contribution in [0.4, 0.5) is 0 Å². The van der Waals surface area contributed by atoms with Crippen molar-refractivity contribution in [3.8, 4) is 44.5 Å². The van der Waals surface area contributed by atoms with E-state index in [1.54, 1.807) is 0 Å². The minimum atomic E-state index is -1.98. The lowest BCUT2D eigenvalue weighted by molar-refractivity contribution is 0.968. The van der Waals surface area contributed by atoms with Crippen LogP contribution < -0.4 is 0 Å². The van der Waals surface area contributed by atoms with Crippen molar-refractivity contribution in [1.29, 1.82) is 0 Å². The highest BCUT2D eigenvalue weighted by Crippen LogP contribution is 2.54. The van der Waals surface area contributed by atoms with Crippen molar-refractivity contribution in [2.24, 2.45) is 0 Å². The normalized spacial score (nSPS) is 16.6. The molecule has 0 fully saturated rings. The van der Waals surface area contributed by atoms with Crippen LogP contribution in [0.15, 0.2) is 145 Å². The van der Waals surface area contributed by atoms with Crippen LogP contribution in [-0.2, 0) is 0 Å². The van der Waals surface area contributed by atoms with E-state index >= 15 is 0 Å². The van der Waals surface area contributed by atoms with Crippen LogP contribution in [0, 0.1) is 13.8 Å². The first-order valence-corrected chi connectivity index (χ1v) is 20.8. The van der Waals surface area contributed by atoms with E-state index in [9.17, 15) is 0 Å². The Morgan fingerprint density at radius 2 is 0.796 bits per heavy atom. The van der Waals surface area contributed by atoms with Gasteiger partial charge >= 0.3 is 0 Å². The summed E-state index contributed by atoms with van der Waals surface area (Å²) in [6.45, 7) is 14.5. The Bertz CT molecular complexity index is 2120. The molecule has 49 heavy (non-hydrogen) atoms. The van der Waals surface area contributed by atoms with Gasteiger partial charge in [-0.05, 0) is 106 Å². The van der Waals surface area contributed by atoms with E-state index in [4.69, 9.17) is 0 Å². The van der Waals surface area contributed by atoms with Crippen molar-refractivity contribution in [2.75, 3.05) is 0 Å². The predicted octanol–water partition coefficient (Wildman–Crippen LogP) is 13.5. The van der Waals surface area contributed by atoms with Crippen molar-refractivity contribution >= 4 is 20.2 Å². The molecule has 2 atom stereocenters. The molecule has 0 aliphatic heterocycles. The van der Waals surface area contributed by atoms with E-state index in [1.807, 2.05) is 0 Å². The quantitative estimate of drug-likeness (QED) is 0.158. The molecule has 6 aromatic carbocycles. The van der Waals surface area contributed by atoms with Crippen molar-refractivity contribution in [3.63, 3.8) is 0 Å². The van der Waals surface area contributed by atoms with Crippen LogP contribution in [0.2, 0.25) is 13.1 Å². The number of aryl methyl sites for hydroxylation is 2. The molecule has 2 aliphatic rings. The zero-order chi connectivity index (χ0) is 33.9. The van der Waals surface area contributed by atoms with Crippen LogP contribution >= 0.6 is 0 Å². The molecule has 0 N–H and O–H groups in total. The fraction of sp³-hybridized carbons (Fsp3) is 0.167. The van der Waals surface area contributed by atoms with Crippen molar-refractivity contribution in [3.05, 3.63) is 178 Å². The molecule has 240 valence electrons. The third-order valence-electron chi connectivity index (χ3n) is 11.3. The molecule has 2 unspecified atom stereocenters. The fourth-order valence-corrected chi connectivity index (χ4v) is 14.2. The Morgan fingerprint density at radius 3 is 1.18 bits per heavy atom. The molecule has 0 saturated carbocycles. The summed E-state index contributed by atoms with van der Waals surface area (Å²) in [6, 6.07) is 49.5. The summed E-state index contributed by atoms with van der Waals surface area (Å²) in [4.78, 5) is 0. The summed E-state index contributed by atoms with van der Waals surface area (Å²) in [7, 11) is -1.98. The first kappa shape index (κ1) is 31.3. The average Bonchev–Trinajstić information content (AvgIpc) is 3.65. The van der Waals surface area contributed by atoms with Crippen LogP contribution in [0.5, 0.6) is 0 Å². The second kappa shape index (κ2) is 12.2. The third kappa shape index (κ3) is 5.29. The summed E-state index contributed by atoms with van der Waals surface area (Å²) < 4.78 is 0. The Balaban J connectivity index is 1.15. The van der Waals surface area contributed by atoms with Gasteiger partial charge in [0.2, 0.25) is 0 Å². The molecular formula is C48H44Si. The van der Waals surface area contributed by atoms with E-state index in [0.29, 0.717) is 11.1 Å². The predicted molar refractivity (Wildman–Crippen MR) is 214 cm³/mol. The Hall–Kier alpha value is -4.98. The molecule has 0 spiro atoms. The Morgan fingerprint density at radius 1 is 0.388 bits per heavy atom. The van der Waals surface area contributed by atoms with Gasteiger partial charge in [-0.2, -0.15) is 0 Å². The van der Waals surface area contributed by atoms with Crippen LogP contribution in [0.1, 0.15) is 58.3 Å². The number of fused-ring (bicyclic) bond motifs is 2. The molecule has 1 heteroatoms. The van der Waals surface area contributed by atoms with Crippen LogP contribution in [0.3, 0.4) is 0 Å². The highest BCUT2D eigenvalue weighted by molar-refractivity contribution is 6.81. The van der Waals surface area contributed by atoms with Gasteiger partial charge in [-0.15, -0.1) is 0 Å². The molecule has 8 rings (SSSR count). The number of rotatable bonds is 6. The fourth-order valence-electron chi connectivity index (χ4n) is 9.30. The Labute approximate surface area is 293 Å². The van der Waals surface area contributed by atoms with Gasteiger partial charge in [0.05, 0.1) is 8.07 Å². The molecule has 0 amide bonds. The minimum absolute atomic E-state index is 0.461. The molecular weight excluding hydrogens is 605 g/mol. The third-order valence-corrected chi connectivity index (χ3v) is 15.8. The van der Waals surface area contributed by atoms with E-state index < -0.39 is 8.07 Å². The van der Waals surface area contributed by atoms with Crippen molar-refractivity contribution < 1.29 is 0 Å². The molecule has 0 nitrogen and oxygen atoms in total. The summed E-state index contributed by atoms with van der Waals surface area (Å²) in [5.74, 6) is 0. The van der Waals surface area contributed by atoms with E-state index in [0.717, 1.165) is 0 Å². The van der Waals surface area contributed by atoms with Gasteiger partial charge in [0, 0.05) is 11.1 Å². The molecule has 6 aromatic rings. The molecule has 2 aliphatic carbocycles. The molecule has 0 aromatic heterocycles. The maximum atomic E-state index is 2.64. The van der Waals surface area contributed by atoms with Gasteiger partial charge in [0.15, 0.2) is 0 Å². The van der Waals surface area contributed by atoms with Gasteiger partial charge in [0.1, 0.15) is 0 Å². The lowest BCUT2D eigenvalue weighted by Gasteiger charge is -2.39. The highest BCUT2D eigenvalue weighted by Gasteiger charge is 2.47. The number of hydrogen-bond donors (Lipinski definition) is 0. The standard InChI is InChI=1S/C48H44Si/c1-31-27-37(23-25-39(31)35-15-9-7-10-16-35)41-19-13-21-43-45(41)29-33(3)47(43)49(5,6)48-34(4)30-46-42(20-14-22-44(46)48)38-24-26-40(32(2)28-38)36-17-11-8-12-18-36/h7-30,47-48H,1-6H3. The monoisotopic (exact) mass is 648 g/mol. The smallest absolute Gasteiger partial charge is 0.0679 e. The Kier molecular flexibility index (Phi) is 7.77. The highest BCUT2D eigenvalue weighted by atomic mass is 28.3. The summed E-state index contributed by atoms with van der Waals surface area (Å²) in [5.41, 5.74) is 22.9. The lowest BCUT2D eigenvalue weighted by atomic mass is 9.92. The van der Waals surface area contributed by atoms with E-state index in [-0.39, 0.29) is 0 Å². The summed E-state index contributed by atoms with van der Waals surface area (Å²) >= 11 is 0. The van der Waals surface area contributed by atoms with Crippen molar-refractivity contribution in [2.45, 2.75) is 51.9 Å². The van der Waals surface area contributed by atoms with Crippen LogP contribution in [0.25, 0.3) is 56.7 Å². The number of hydrogen-bond acceptors (Lipinski definition) is 0. The average molecular weight is 649 g/mol. The van der Waals surface area contributed by atoms with Gasteiger partial charge in [-0.1, -0.05) is 170 Å². The minimum Gasteiger partial charge on any atom is -0.0679 e. The summed E-state index contributed by atoms with van der Waals surface area (Å²) in [6.07, 6.45) is 5.01. The van der Waals surface area contributed by atoms with Gasteiger partial charge in [-0.3, -0.25) is 0 Å². The zero-order valence-electron chi connectivity index (χ0n) is 29.5. The first-order valence-electron chi connectivity index (χ1n) is 17.7. The molecule has 0 heterocycles. The molecule has 0 saturated heterocycles. The molecule has 0 bridgehead atoms.